The van der Waals surface area contributed by atoms with Crippen LogP contribution in [0.1, 0.15) is 5.56 Å². The summed E-state index contributed by atoms with van der Waals surface area (Å²) >= 11 is 0. The quantitative estimate of drug-likeness (QED) is 0.492. The van der Waals surface area contributed by atoms with Gasteiger partial charge in [0.2, 0.25) is 5.91 Å². The van der Waals surface area contributed by atoms with Crippen molar-refractivity contribution >= 4 is 17.7 Å². The molecule has 1 N–H and O–H groups in total. The number of β-amino-alcohol motifs (C(OH)–C–C–N with tert-alkyl or cyclic N) is 1. The summed E-state index contributed by atoms with van der Waals surface area (Å²) < 4.78 is 0. The van der Waals surface area contributed by atoms with Crippen LogP contribution < -0.4 is 0 Å². The van der Waals surface area contributed by atoms with Crippen molar-refractivity contribution in [2.75, 3.05) is 39.3 Å². The Kier molecular flexibility index (Phi) is 5.62. The molecular formula is C15H19N3O4. The molecule has 0 saturated carbocycles. The van der Waals surface area contributed by atoms with Crippen LogP contribution in [0, 0.1) is 10.1 Å². The molecule has 0 unspecified atom stereocenters. The average molecular weight is 305 g/mol. The number of carbonyl (C=O) groups excluding carboxylic acids is 1. The average Bonchev–Trinajstić information content (AvgIpc) is 2.54. The zero-order chi connectivity index (χ0) is 15.9. The molecule has 1 heterocycles. The van der Waals surface area contributed by atoms with E-state index in [4.69, 9.17) is 5.11 Å². The summed E-state index contributed by atoms with van der Waals surface area (Å²) in [4.78, 5) is 26.1. The number of amides is 1. The molecule has 7 nitrogen and oxygen atoms in total. The number of nitro groups is 1. The van der Waals surface area contributed by atoms with Crippen LogP contribution in [0.25, 0.3) is 6.08 Å². The Balaban J connectivity index is 1.87. The SMILES string of the molecule is O=C(C=Cc1ccc([N+](=O)[O-])cc1)N1CCN(CCO)CC1. The summed E-state index contributed by atoms with van der Waals surface area (Å²) in [6.45, 7) is 3.58. The topological polar surface area (TPSA) is 86.9 Å². The Morgan fingerprint density at radius 3 is 2.41 bits per heavy atom. The van der Waals surface area contributed by atoms with E-state index in [9.17, 15) is 14.9 Å². The number of non-ortho nitro benzene ring substituents is 1. The molecule has 1 aliphatic heterocycles. The molecule has 0 bridgehead atoms. The number of benzene rings is 1. The molecule has 0 radical (unpaired) electrons. The van der Waals surface area contributed by atoms with E-state index in [2.05, 4.69) is 4.90 Å². The molecule has 118 valence electrons. The third kappa shape index (κ3) is 4.37. The van der Waals surface area contributed by atoms with Gasteiger partial charge in [0.15, 0.2) is 0 Å². The number of aliphatic hydroxyl groups excluding tert-OH is 1. The van der Waals surface area contributed by atoms with Gasteiger partial charge >= 0.3 is 0 Å². The highest BCUT2D eigenvalue weighted by atomic mass is 16.6. The second-order valence-corrected chi connectivity index (χ2v) is 5.07. The van der Waals surface area contributed by atoms with Gasteiger partial charge in [-0.05, 0) is 23.8 Å². The van der Waals surface area contributed by atoms with E-state index >= 15 is 0 Å². The van der Waals surface area contributed by atoms with E-state index < -0.39 is 4.92 Å². The van der Waals surface area contributed by atoms with E-state index in [1.807, 2.05) is 0 Å². The lowest BCUT2D eigenvalue weighted by atomic mass is 10.2. The maximum absolute atomic E-state index is 12.1. The fourth-order valence-corrected chi connectivity index (χ4v) is 2.31. The van der Waals surface area contributed by atoms with Crippen molar-refractivity contribution in [2.24, 2.45) is 0 Å². The summed E-state index contributed by atoms with van der Waals surface area (Å²) in [6.07, 6.45) is 3.15. The second-order valence-electron chi connectivity index (χ2n) is 5.07. The lowest BCUT2D eigenvalue weighted by Crippen LogP contribution is -2.48. The van der Waals surface area contributed by atoms with Crippen LogP contribution >= 0.6 is 0 Å². The highest BCUT2D eigenvalue weighted by Crippen LogP contribution is 2.13. The van der Waals surface area contributed by atoms with E-state index in [0.29, 0.717) is 19.6 Å². The van der Waals surface area contributed by atoms with Crippen LogP contribution in [-0.4, -0.2) is 65.1 Å². The van der Waals surface area contributed by atoms with Crippen LogP contribution in [0.2, 0.25) is 0 Å². The van der Waals surface area contributed by atoms with Crippen molar-refractivity contribution in [1.82, 2.24) is 9.80 Å². The highest BCUT2D eigenvalue weighted by Gasteiger charge is 2.18. The molecule has 1 fully saturated rings. The zero-order valence-electron chi connectivity index (χ0n) is 12.2. The van der Waals surface area contributed by atoms with E-state index in [0.717, 1.165) is 18.7 Å². The number of hydrogen-bond donors (Lipinski definition) is 1. The van der Waals surface area contributed by atoms with Gasteiger partial charge in [0, 0.05) is 50.9 Å². The largest absolute Gasteiger partial charge is 0.395 e. The van der Waals surface area contributed by atoms with Gasteiger partial charge in [-0.2, -0.15) is 0 Å². The molecule has 0 spiro atoms. The Morgan fingerprint density at radius 2 is 1.86 bits per heavy atom. The lowest BCUT2D eigenvalue weighted by Gasteiger charge is -2.33. The van der Waals surface area contributed by atoms with Gasteiger partial charge < -0.3 is 10.0 Å². The fourth-order valence-electron chi connectivity index (χ4n) is 2.31. The van der Waals surface area contributed by atoms with Crippen LogP contribution in [0.15, 0.2) is 30.3 Å². The van der Waals surface area contributed by atoms with Crippen molar-refractivity contribution in [1.29, 1.82) is 0 Å². The summed E-state index contributed by atoms with van der Waals surface area (Å²) in [5.74, 6) is -0.0676. The van der Waals surface area contributed by atoms with Crippen molar-refractivity contribution in [2.45, 2.75) is 0 Å². The predicted octanol–water partition coefficient (Wildman–Crippen LogP) is 0.744. The normalized spacial score (nSPS) is 16.1. The molecule has 0 aromatic heterocycles. The first-order valence-corrected chi connectivity index (χ1v) is 7.15. The molecule has 7 heteroatoms. The molecule has 1 aromatic rings. The van der Waals surface area contributed by atoms with Gasteiger partial charge in [0.05, 0.1) is 11.5 Å². The smallest absolute Gasteiger partial charge is 0.269 e. The third-order valence-corrected chi connectivity index (χ3v) is 3.62. The molecule has 2 rings (SSSR count). The van der Waals surface area contributed by atoms with Gasteiger partial charge in [-0.3, -0.25) is 19.8 Å². The van der Waals surface area contributed by atoms with Crippen molar-refractivity contribution in [3.8, 4) is 0 Å². The van der Waals surface area contributed by atoms with Gasteiger partial charge in [-0.15, -0.1) is 0 Å². The van der Waals surface area contributed by atoms with Gasteiger partial charge in [-0.25, -0.2) is 0 Å². The first-order chi connectivity index (χ1) is 10.6. The number of piperazine rings is 1. The summed E-state index contributed by atoms with van der Waals surface area (Å²) in [6, 6.07) is 6.05. The standard InChI is InChI=1S/C15H19N3O4/c19-12-11-16-7-9-17(10-8-16)15(20)6-3-13-1-4-14(5-2-13)18(21)22/h1-6,19H,7-12H2. The molecule has 1 aromatic carbocycles. The Labute approximate surface area is 128 Å². The van der Waals surface area contributed by atoms with Crippen molar-refractivity contribution < 1.29 is 14.8 Å². The van der Waals surface area contributed by atoms with Crippen molar-refractivity contribution in [3.05, 3.63) is 46.0 Å². The van der Waals surface area contributed by atoms with Crippen LogP contribution in [0.4, 0.5) is 5.69 Å². The number of rotatable bonds is 5. The molecular weight excluding hydrogens is 286 g/mol. The Morgan fingerprint density at radius 1 is 1.23 bits per heavy atom. The lowest BCUT2D eigenvalue weighted by molar-refractivity contribution is -0.384. The number of nitro benzene ring substituents is 1. The molecule has 0 atom stereocenters. The first-order valence-electron chi connectivity index (χ1n) is 7.15. The predicted molar refractivity (Wildman–Crippen MR) is 82.2 cm³/mol. The van der Waals surface area contributed by atoms with Gasteiger partial charge in [0.1, 0.15) is 0 Å². The third-order valence-electron chi connectivity index (χ3n) is 3.62. The molecule has 1 saturated heterocycles. The molecule has 1 aliphatic rings. The highest BCUT2D eigenvalue weighted by molar-refractivity contribution is 5.91. The zero-order valence-corrected chi connectivity index (χ0v) is 12.2. The molecule has 22 heavy (non-hydrogen) atoms. The van der Waals surface area contributed by atoms with Crippen LogP contribution in [0.3, 0.4) is 0 Å². The second kappa shape index (κ2) is 7.67. The number of hydrogen-bond acceptors (Lipinski definition) is 5. The van der Waals surface area contributed by atoms with E-state index in [-0.39, 0.29) is 18.2 Å². The molecule has 0 aliphatic carbocycles. The maximum Gasteiger partial charge on any atom is 0.269 e. The monoisotopic (exact) mass is 305 g/mol. The van der Waals surface area contributed by atoms with E-state index in [1.54, 1.807) is 23.1 Å². The van der Waals surface area contributed by atoms with Crippen LogP contribution in [-0.2, 0) is 4.79 Å². The number of nitrogens with zero attached hydrogens (tertiary/aromatic N) is 3. The number of carbonyl (C=O) groups is 1. The van der Waals surface area contributed by atoms with Crippen molar-refractivity contribution in [3.63, 3.8) is 0 Å². The first kappa shape index (κ1) is 16.1. The summed E-state index contributed by atoms with van der Waals surface area (Å²) in [5.41, 5.74) is 0.779. The Hall–Kier alpha value is -2.25. The minimum absolute atomic E-state index is 0.0310. The van der Waals surface area contributed by atoms with Gasteiger partial charge in [0.25, 0.3) is 5.69 Å². The summed E-state index contributed by atoms with van der Waals surface area (Å²) in [5, 5.41) is 19.4. The Bertz CT molecular complexity index is 548. The fraction of sp³-hybridized carbons (Fsp3) is 0.400. The minimum atomic E-state index is -0.454. The van der Waals surface area contributed by atoms with Crippen LogP contribution in [0.5, 0.6) is 0 Å². The number of aliphatic hydroxyl groups is 1. The van der Waals surface area contributed by atoms with Gasteiger partial charge in [-0.1, -0.05) is 0 Å². The molecule has 1 amide bonds. The minimum Gasteiger partial charge on any atom is -0.395 e. The maximum atomic E-state index is 12.1. The van der Waals surface area contributed by atoms with E-state index in [1.165, 1.54) is 18.2 Å². The summed E-state index contributed by atoms with van der Waals surface area (Å²) in [7, 11) is 0.